The maximum absolute atomic E-state index is 11.7. The summed E-state index contributed by atoms with van der Waals surface area (Å²) in [5, 5.41) is 11.9. The van der Waals surface area contributed by atoms with Crippen molar-refractivity contribution in [2.24, 2.45) is 5.11 Å². The fraction of sp³-hybridized carbons (Fsp3) is 0.222. The summed E-state index contributed by atoms with van der Waals surface area (Å²) in [5.41, 5.74) is 7.91. The zero-order valence-electron chi connectivity index (χ0n) is 9.15. The molecule has 0 spiro atoms. The summed E-state index contributed by atoms with van der Waals surface area (Å²) in [6.45, 7) is -0.0714. The second-order valence-electron chi connectivity index (χ2n) is 3.19. The Bertz CT molecular complexity index is 592. The third-order valence-corrected chi connectivity index (χ3v) is 3.42. The molecule has 18 heavy (non-hydrogen) atoms. The van der Waals surface area contributed by atoms with Crippen LogP contribution in [0.3, 0.4) is 0 Å². The Labute approximate surface area is 103 Å². The maximum Gasteiger partial charge on any atom is 0.335 e. The minimum Gasteiger partial charge on any atom is -0.478 e. The average Bonchev–Trinajstić information content (AvgIpc) is 2.35. The maximum atomic E-state index is 11.7. The van der Waals surface area contributed by atoms with Crippen LogP contribution < -0.4 is 4.72 Å². The number of rotatable bonds is 6. The number of carbonyl (C=O) groups is 1. The van der Waals surface area contributed by atoms with Crippen molar-refractivity contribution >= 4 is 16.0 Å². The standard InChI is InChI=1S/C9H10N4O4S/c10-13-11-4-5-12-18(16,17)8-3-1-2-7(6-8)9(14)15/h1-3,6,12H,4-5H2,(H,14,15). The summed E-state index contributed by atoms with van der Waals surface area (Å²) in [5.74, 6) is -1.21. The largest absolute Gasteiger partial charge is 0.478 e. The van der Waals surface area contributed by atoms with Crippen LogP contribution in [0, 0.1) is 0 Å². The van der Waals surface area contributed by atoms with E-state index >= 15 is 0 Å². The number of nitrogens with one attached hydrogen (secondary N) is 1. The molecule has 9 heteroatoms. The molecule has 0 saturated carbocycles. The molecule has 0 aliphatic carbocycles. The molecule has 2 N–H and O–H groups in total. The molecule has 0 aliphatic rings. The molecular formula is C9H10N4O4S. The first-order chi connectivity index (χ1) is 8.47. The van der Waals surface area contributed by atoms with Gasteiger partial charge in [0.2, 0.25) is 10.0 Å². The molecule has 0 radical (unpaired) electrons. The van der Waals surface area contributed by atoms with E-state index in [9.17, 15) is 13.2 Å². The molecule has 0 atom stereocenters. The van der Waals surface area contributed by atoms with E-state index in [1.54, 1.807) is 0 Å². The first-order valence-corrected chi connectivity index (χ1v) is 6.29. The third kappa shape index (κ3) is 3.74. The Morgan fingerprint density at radius 2 is 2.22 bits per heavy atom. The predicted octanol–water partition coefficient (Wildman–Crippen LogP) is 0.973. The SMILES string of the molecule is [N-]=[N+]=NCCNS(=O)(=O)c1cccc(C(=O)O)c1. The zero-order valence-corrected chi connectivity index (χ0v) is 9.96. The van der Waals surface area contributed by atoms with Crippen LogP contribution in [0.15, 0.2) is 34.3 Å². The lowest BCUT2D eigenvalue weighted by Crippen LogP contribution is -2.26. The van der Waals surface area contributed by atoms with Crippen LogP contribution in [0.4, 0.5) is 0 Å². The molecule has 1 rings (SSSR count). The van der Waals surface area contributed by atoms with Gasteiger partial charge in [0.05, 0.1) is 10.5 Å². The van der Waals surface area contributed by atoms with Crippen molar-refractivity contribution in [1.82, 2.24) is 4.72 Å². The molecule has 96 valence electrons. The van der Waals surface area contributed by atoms with Gasteiger partial charge in [0.15, 0.2) is 0 Å². The van der Waals surface area contributed by atoms with Crippen LogP contribution in [0.5, 0.6) is 0 Å². The van der Waals surface area contributed by atoms with Gasteiger partial charge in [0, 0.05) is 18.0 Å². The van der Waals surface area contributed by atoms with Crippen LogP contribution in [-0.4, -0.2) is 32.6 Å². The highest BCUT2D eigenvalue weighted by molar-refractivity contribution is 7.89. The van der Waals surface area contributed by atoms with Crippen molar-refractivity contribution < 1.29 is 18.3 Å². The molecule has 0 unspecified atom stereocenters. The average molecular weight is 270 g/mol. The van der Waals surface area contributed by atoms with Crippen LogP contribution in [0.1, 0.15) is 10.4 Å². The number of nitrogens with zero attached hydrogens (tertiary/aromatic N) is 3. The minimum absolute atomic E-state index is 0.0195. The second kappa shape index (κ2) is 6.01. The Morgan fingerprint density at radius 3 is 2.83 bits per heavy atom. The van der Waals surface area contributed by atoms with Gasteiger partial charge in [-0.2, -0.15) is 0 Å². The highest BCUT2D eigenvalue weighted by Crippen LogP contribution is 2.11. The zero-order chi connectivity index (χ0) is 13.6. The molecule has 0 amide bonds. The molecular weight excluding hydrogens is 260 g/mol. The van der Waals surface area contributed by atoms with Crippen molar-refractivity contribution in [2.75, 3.05) is 13.1 Å². The van der Waals surface area contributed by atoms with E-state index in [2.05, 4.69) is 14.7 Å². The third-order valence-electron chi connectivity index (χ3n) is 1.96. The Hall–Kier alpha value is -2.09. The summed E-state index contributed by atoms with van der Waals surface area (Å²) >= 11 is 0. The van der Waals surface area contributed by atoms with Crippen LogP contribution >= 0.6 is 0 Å². The van der Waals surface area contributed by atoms with E-state index in [0.29, 0.717) is 0 Å². The number of azide groups is 1. The van der Waals surface area contributed by atoms with Crippen molar-refractivity contribution in [1.29, 1.82) is 0 Å². The van der Waals surface area contributed by atoms with Gasteiger partial charge in [-0.05, 0) is 23.7 Å². The molecule has 0 aliphatic heterocycles. The van der Waals surface area contributed by atoms with Gasteiger partial charge in [-0.3, -0.25) is 0 Å². The van der Waals surface area contributed by atoms with Crippen molar-refractivity contribution in [3.8, 4) is 0 Å². The number of hydrogen-bond acceptors (Lipinski definition) is 4. The molecule has 0 heterocycles. The number of carboxylic acid groups (broad SMARTS) is 1. The fourth-order valence-corrected chi connectivity index (χ4v) is 2.22. The monoisotopic (exact) mass is 270 g/mol. The van der Waals surface area contributed by atoms with Gasteiger partial charge in [-0.25, -0.2) is 17.9 Å². The van der Waals surface area contributed by atoms with Crippen LogP contribution in [0.2, 0.25) is 0 Å². The fourth-order valence-electron chi connectivity index (χ4n) is 1.15. The Kier molecular flexibility index (Phi) is 4.67. The normalized spacial score (nSPS) is 10.7. The van der Waals surface area contributed by atoms with Crippen molar-refractivity contribution in [2.45, 2.75) is 4.90 Å². The van der Waals surface area contributed by atoms with E-state index in [4.69, 9.17) is 10.6 Å². The van der Waals surface area contributed by atoms with E-state index in [1.807, 2.05) is 0 Å². The van der Waals surface area contributed by atoms with Gasteiger partial charge in [0.1, 0.15) is 0 Å². The summed E-state index contributed by atoms with van der Waals surface area (Å²) in [4.78, 5) is 13.0. The van der Waals surface area contributed by atoms with Gasteiger partial charge in [-0.15, -0.1) is 0 Å². The first kappa shape index (κ1) is 14.0. The number of sulfonamides is 1. The summed E-state index contributed by atoms with van der Waals surface area (Å²) in [6, 6.07) is 4.97. The van der Waals surface area contributed by atoms with E-state index in [0.717, 1.165) is 6.07 Å². The Morgan fingerprint density at radius 1 is 1.50 bits per heavy atom. The van der Waals surface area contributed by atoms with E-state index in [1.165, 1.54) is 18.2 Å². The number of benzene rings is 1. The molecule has 0 aromatic heterocycles. The smallest absolute Gasteiger partial charge is 0.335 e. The summed E-state index contributed by atoms with van der Waals surface area (Å²) < 4.78 is 25.7. The highest BCUT2D eigenvalue weighted by atomic mass is 32.2. The molecule has 0 bridgehead atoms. The molecule has 1 aromatic rings. The molecule has 8 nitrogen and oxygen atoms in total. The lowest BCUT2D eigenvalue weighted by atomic mass is 10.2. The second-order valence-corrected chi connectivity index (χ2v) is 4.95. The molecule has 0 saturated heterocycles. The van der Waals surface area contributed by atoms with E-state index in [-0.39, 0.29) is 23.5 Å². The van der Waals surface area contributed by atoms with E-state index < -0.39 is 16.0 Å². The number of hydrogen-bond donors (Lipinski definition) is 2. The van der Waals surface area contributed by atoms with Crippen molar-refractivity contribution in [3.05, 3.63) is 40.3 Å². The van der Waals surface area contributed by atoms with Crippen LogP contribution in [-0.2, 0) is 10.0 Å². The van der Waals surface area contributed by atoms with Crippen molar-refractivity contribution in [3.63, 3.8) is 0 Å². The quantitative estimate of drug-likeness (QED) is 0.345. The van der Waals surface area contributed by atoms with Gasteiger partial charge < -0.3 is 5.11 Å². The summed E-state index contributed by atoms with van der Waals surface area (Å²) in [7, 11) is -3.79. The lowest BCUT2D eigenvalue weighted by molar-refractivity contribution is 0.0696. The Balaban J connectivity index is 2.87. The lowest BCUT2D eigenvalue weighted by Gasteiger charge is -2.05. The predicted molar refractivity (Wildman–Crippen MR) is 62.6 cm³/mol. The molecule has 0 fully saturated rings. The van der Waals surface area contributed by atoms with Gasteiger partial charge >= 0.3 is 5.97 Å². The molecule has 1 aromatic carbocycles. The van der Waals surface area contributed by atoms with Crippen LogP contribution in [0.25, 0.3) is 10.4 Å². The first-order valence-electron chi connectivity index (χ1n) is 4.81. The summed E-state index contributed by atoms with van der Waals surface area (Å²) in [6.07, 6.45) is 0. The number of aromatic carboxylic acids is 1. The van der Waals surface area contributed by atoms with Gasteiger partial charge in [-0.1, -0.05) is 11.2 Å². The topological polar surface area (TPSA) is 132 Å². The highest BCUT2D eigenvalue weighted by Gasteiger charge is 2.15. The minimum atomic E-state index is -3.79. The van der Waals surface area contributed by atoms with Gasteiger partial charge in [0.25, 0.3) is 0 Å². The number of carboxylic acids is 1.